The van der Waals surface area contributed by atoms with E-state index in [1.807, 2.05) is 0 Å². The van der Waals surface area contributed by atoms with E-state index in [4.69, 9.17) is 0 Å². The van der Waals surface area contributed by atoms with Gasteiger partial charge >= 0.3 is 12.4 Å². The Morgan fingerprint density at radius 3 is 1.96 bits per heavy atom. The molecular formula is C19H20F6N2. The van der Waals surface area contributed by atoms with Crippen LogP contribution >= 0.6 is 0 Å². The van der Waals surface area contributed by atoms with Crippen LogP contribution in [0.1, 0.15) is 56.1 Å². The van der Waals surface area contributed by atoms with E-state index < -0.39 is 29.2 Å². The number of nitrogens with zero attached hydrogens (tertiary/aromatic N) is 2. The van der Waals surface area contributed by atoms with Crippen molar-refractivity contribution in [3.63, 3.8) is 0 Å². The van der Waals surface area contributed by atoms with Crippen molar-refractivity contribution in [3.8, 4) is 11.3 Å². The Kier molecular flexibility index (Phi) is 5.59. The van der Waals surface area contributed by atoms with E-state index in [1.54, 1.807) is 33.8 Å². The Morgan fingerprint density at radius 1 is 0.926 bits per heavy atom. The minimum absolute atomic E-state index is 0.0355. The molecule has 148 valence electrons. The maximum absolute atomic E-state index is 13.7. The van der Waals surface area contributed by atoms with E-state index in [9.17, 15) is 26.3 Å². The second-order valence-corrected chi connectivity index (χ2v) is 6.76. The summed E-state index contributed by atoms with van der Waals surface area (Å²) in [6.45, 7) is 6.80. The second kappa shape index (κ2) is 7.13. The molecule has 8 heteroatoms. The third-order valence-electron chi connectivity index (χ3n) is 4.96. The fraction of sp³-hybridized carbons (Fsp3) is 0.474. The lowest BCUT2D eigenvalue weighted by atomic mass is 9.74. The van der Waals surface area contributed by atoms with Gasteiger partial charge in [0.2, 0.25) is 0 Å². The second-order valence-electron chi connectivity index (χ2n) is 6.76. The van der Waals surface area contributed by atoms with Crippen LogP contribution < -0.4 is 0 Å². The number of halogens is 6. The highest BCUT2D eigenvalue weighted by Gasteiger charge is 2.44. The SMILES string of the molecule is CCC(C)(CC)c1cc(C(F)(F)F)nc(C(F)(F)F)c1-c1cc(C)ccn1. The molecule has 0 fully saturated rings. The van der Waals surface area contributed by atoms with Crippen LogP contribution in [0.25, 0.3) is 11.3 Å². The molecule has 27 heavy (non-hydrogen) atoms. The summed E-state index contributed by atoms with van der Waals surface area (Å²) in [5, 5.41) is 0. The van der Waals surface area contributed by atoms with Gasteiger partial charge in [0.05, 0.1) is 5.69 Å². The molecule has 0 radical (unpaired) electrons. The number of hydrogen-bond acceptors (Lipinski definition) is 2. The van der Waals surface area contributed by atoms with Crippen molar-refractivity contribution in [3.05, 3.63) is 46.9 Å². The topological polar surface area (TPSA) is 25.8 Å². The third-order valence-corrected chi connectivity index (χ3v) is 4.96. The van der Waals surface area contributed by atoms with E-state index in [0.717, 1.165) is 6.07 Å². The van der Waals surface area contributed by atoms with Crippen molar-refractivity contribution in [1.29, 1.82) is 0 Å². The van der Waals surface area contributed by atoms with Gasteiger partial charge in [-0.25, -0.2) is 4.98 Å². The molecule has 0 saturated heterocycles. The monoisotopic (exact) mass is 390 g/mol. The number of pyridine rings is 2. The van der Waals surface area contributed by atoms with Crippen molar-refractivity contribution >= 4 is 0 Å². The van der Waals surface area contributed by atoms with Crippen LogP contribution in [0.15, 0.2) is 24.4 Å². The third kappa shape index (κ3) is 4.25. The Bertz CT molecular complexity index is 820. The Balaban J connectivity index is 3.02. The first-order chi connectivity index (χ1) is 12.3. The van der Waals surface area contributed by atoms with Crippen LogP contribution in [-0.2, 0) is 17.8 Å². The lowest BCUT2D eigenvalue weighted by molar-refractivity contribution is -0.149. The Hall–Kier alpha value is -2.12. The number of rotatable bonds is 4. The van der Waals surface area contributed by atoms with Crippen molar-refractivity contribution in [2.75, 3.05) is 0 Å². The number of alkyl halides is 6. The van der Waals surface area contributed by atoms with E-state index >= 15 is 0 Å². The van der Waals surface area contributed by atoms with Crippen LogP contribution in [0, 0.1) is 6.92 Å². The first-order valence-corrected chi connectivity index (χ1v) is 8.46. The standard InChI is InChI=1S/C19H20F6N2/c1-5-17(4,6-2)12-10-14(18(20,21)22)27-16(19(23,24)25)15(12)13-9-11(3)7-8-26-13/h7-10H,5-6H2,1-4H3. The van der Waals surface area contributed by atoms with E-state index in [-0.39, 0.29) is 16.8 Å². The van der Waals surface area contributed by atoms with Crippen molar-refractivity contribution < 1.29 is 26.3 Å². The van der Waals surface area contributed by atoms with Crippen molar-refractivity contribution in [1.82, 2.24) is 9.97 Å². The van der Waals surface area contributed by atoms with Gasteiger partial charge in [0.1, 0.15) is 5.69 Å². The Morgan fingerprint density at radius 2 is 1.52 bits per heavy atom. The number of aryl methyl sites for hydroxylation is 1. The van der Waals surface area contributed by atoms with Gasteiger partial charge in [-0.3, -0.25) is 4.98 Å². The molecule has 0 atom stereocenters. The largest absolute Gasteiger partial charge is 0.434 e. The van der Waals surface area contributed by atoms with E-state index in [1.165, 1.54) is 12.3 Å². The number of hydrogen-bond donors (Lipinski definition) is 0. The Labute approximate surface area is 153 Å². The fourth-order valence-corrected chi connectivity index (χ4v) is 2.93. The first kappa shape index (κ1) is 21.2. The molecule has 0 aliphatic carbocycles. The lowest BCUT2D eigenvalue weighted by Crippen LogP contribution is -2.26. The fourth-order valence-electron chi connectivity index (χ4n) is 2.93. The molecule has 0 unspecified atom stereocenters. The van der Waals surface area contributed by atoms with Gasteiger partial charge in [0, 0.05) is 11.8 Å². The molecule has 0 spiro atoms. The summed E-state index contributed by atoms with van der Waals surface area (Å²) in [6.07, 6.45) is -7.99. The van der Waals surface area contributed by atoms with Gasteiger partial charge in [0.15, 0.2) is 5.69 Å². The lowest BCUT2D eigenvalue weighted by Gasteiger charge is -2.31. The smallest absolute Gasteiger partial charge is 0.256 e. The van der Waals surface area contributed by atoms with Crippen LogP contribution in [0.3, 0.4) is 0 Å². The molecule has 0 bridgehead atoms. The van der Waals surface area contributed by atoms with Gasteiger partial charge in [0.25, 0.3) is 0 Å². The van der Waals surface area contributed by atoms with Crippen molar-refractivity contribution in [2.24, 2.45) is 0 Å². The van der Waals surface area contributed by atoms with Gasteiger partial charge in [-0.2, -0.15) is 26.3 Å². The molecule has 0 aliphatic rings. The molecular weight excluding hydrogens is 370 g/mol. The molecule has 2 aromatic rings. The average molecular weight is 390 g/mol. The molecule has 0 aliphatic heterocycles. The van der Waals surface area contributed by atoms with Crippen molar-refractivity contribution in [2.45, 2.75) is 58.3 Å². The molecule has 0 saturated carbocycles. The summed E-state index contributed by atoms with van der Waals surface area (Å²) in [7, 11) is 0. The molecule has 0 aromatic carbocycles. The summed E-state index contributed by atoms with van der Waals surface area (Å²) in [5.74, 6) is 0. The summed E-state index contributed by atoms with van der Waals surface area (Å²) in [4.78, 5) is 6.97. The molecule has 2 nitrogen and oxygen atoms in total. The molecule has 2 aromatic heterocycles. The normalized spacial score (nSPS) is 13.1. The van der Waals surface area contributed by atoms with E-state index in [0.29, 0.717) is 18.4 Å². The molecule has 0 N–H and O–H groups in total. The zero-order valence-corrected chi connectivity index (χ0v) is 15.4. The van der Waals surface area contributed by atoms with Crippen LogP contribution in [0.5, 0.6) is 0 Å². The van der Waals surface area contributed by atoms with Gasteiger partial charge in [-0.05, 0) is 54.5 Å². The predicted molar refractivity (Wildman–Crippen MR) is 90.1 cm³/mol. The summed E-state index contributed by atoms with van der Waals surface area (Å²) in [6, 6.07) is 3.77. The minimum Gasteiger partial charge on any atom is -0.256 e. The number of aromatic nitrogens is 2. The van der Waals surface area contributed by atoms with Crippen LogP contribution in [-0.4, -0.2) is 9.97 Å². The quantitative estimate of drug-likeness (QED) is 0.552. The van der Waals surface area contributed by atoms with Gasteiger partial charge in [-0.1, -0.05) is 20.8 Å². The summed E-state index contributed by atoms with van der Waals surface area (Å²) >= 11 is 0. The van der Waals surface area contributed by atoms with Crippen LogP contribution in [0.4, 0.5) is 26.3 Å². The highest BCUT2D eigenvalue weighted by Crippen LogP contribution is 2.45. The highest BCUT2D eigenvalue weighted by molar-refractivity contribution is 5.69. The highest BCUT2D eigenvalue weighted by atomic mass is 19.4. The van der Waals surface area contributed by atoms with E-state index in [2.05, 4.69) is 9.97 Å². The first-order valence-electron chi connectivity index (χ1n) is 8.46. The molecule has 2 heterocycles. The molecule has 2 rings (SSSR count). The summed E-state index contributed by atoms with van der Waals surface area (Å²) < 4.78 is 81.0. The van der Waals surface area contributed by atoms with Gasteiger partial charge < -0.3 is 0 Å². The average Bonchev–Trinajstić information content (AvgIpc) is 2.58. The summed E-state index contributed by atoms with van der Waals surface area (Å²) in [5.41, 5.74) is -3.82. The maximum atomic E-state index is 13.7. The minimum atomic E-state index is -5.06. The maximum Gasteiger partial charge on any atom is 0.434 e. The zero-order valence-electron chi connectivity index (χ0n) is 15.4. The zero-order chi connectivity index (χ0) is 20.6. The van der Waals surface area contributed by atoms with Gasteiger partial charge in [-0.15, -0.1) is 0 Å². The molecule has 0 amide bonds. The predicted octanol–water partition coefficient (Wildman–Crippen LogP) is 6.57. The van der Waals surface area contributed by atoms with Crippen LogP contribution in [0.2, 0.25) is 0 Å².